The minimum absolute atomic E-state index is 0.0677. The van der Waals surface area contributed by atoms with Gasteiger partial charge in [0.15, 0.2) is 5.96 Å². The molecule has 0 aliphatic heterocycles. The quantitative estimate of drug-likeness (QED) is 0.523. The van der Waals surface area contributed by atoms with Crippen LogP contribution in [-0.2, 0) is 4.79 Å². The van der Waals surface area contributed by atoms with E-state index < -0.39 is 0 Å². The normalized spacial score (nSPS) is 13.3. The highest BCUT2D eigenvalue weighted by Gasteiger charge is 2.13. The van der Waals surface area contributed by atoms with Crippen LogP contribution in [0.2, 0.25) is 0 Å². The van der Waals surface area contributed by atoms with Crippen molar-refractivity contribution in [3.8, 4) is 0 Å². The molecule has 0 aromatic carbocycles. The van der Waals surface area contributed by atoms with Crippen LogP contribution >= 0.6 is 0 Å². The van der Waals surface area contributed by atoms with Gasteiger partial charge in [0.1, 0.15) is 5.82 Å². The number of amides is 1. The monoisotopic (exact) mass is 347 g/mol. The van der Waals surface area contributed by atoms with Gasteiger partial charge >= 0.3 is 0 Å². The number of hydrogen-bond donors (Lipinski definition) is 3. The number of carbonyl (C=O) groups excluding carboxylic acids is 1. The third-order valence-corrected chi connectivity index (χ3v) is 3.73. The van der Waals surface area contributed by atoms with Crippen LogP contribution in [0.4, 0.5) is 5.82 Å². The van der Waals surface area contributed by atoms with Gasteiger partial charge in [0.2, 0.25) is 5.91 Å². The van der Waals surface area contributed by atoms with Crippen molar-refractivity contribution in [2.24, 2.45) is 10.4 Å². The molecule has 140 valence electrons. The largest absolute Gasteiger partial charge is 0.356 e. The second kappa shape index (κ2) is 10.0. The molecular weight excluding hydrogens is 314 g/mol. The molecule has 0 bridgehead atoms. The molecule has 6 heteroatoms. The van der Waals surface area contributed by atoms with Crippen molar-refractivity contribution in [2.45, 2.75) is 59.9 Å². The highest BCUT2D eigenvalue weighted by atomic mass is 16.1. The maximum absolute atomic E-state index is 12.0. The molecule has 0 saturated carbocycles. The Morgan fingerprint density at radius 3 is 2.64 bits per heavy atom. The second-order valence-electron chi connectivity index (χ2n) is 7.61. The molecule has 3 N–H and O–H groups in total. The SMILES string of the molecule is CN=C(NCCC(=O)Nc1cccc(C)n1)NC(C)CCC(C)(C)C. The maximum Gasteiger partial charge on any atom is 0.227 e. The van der Waals surface area contributed by atoms with Crippen LogP contribution in [0.25, 0.3) is 0 Å². The van der Waals surface area contributed by atoms with E-state index in [9.17, 15) is 4.79 Å². The number of rotatable bonds is 7. The van der Waals surface area contributed by atoms with Crippen LogP contribution < -0.4 is 16.0 Å². The number of anilines is 1. The highest BCUT2D eigenvalue weighted by Crippen LogP contribution is 2.21. The van der Waals surface area contributed by atoms with Gasteiger partial charge in [-0.15, -0.1) is 0 Å². The van der Waals surface area contributed by atoms with E-state index in [1.165, 1.54) is 0 Å². The Labute approximate surface area is 151 Å². The zero-order valence-electron chi connectivity index (χ0n) is 16.4. The summed E-state index contributed by atoms with van der Waals surface area (Å²) in [5, 5.41) is 9.35. The molecule has 0 saturated heterocycles. The first-order valence-electron chi connectivity index (χ1n) is 8.90. The molecule has 1 atom stereocenters. The average molecular weight is 348 g/mol. The first-order chi connectivity index (χ1) is 11.7. The Bertz CT molecular complexity index is 577. The summed E-state index contributed by atoms with van der Waals surface area (Å²) in [5.41, 5.74) is 1.21. The van der Waals surface area contributed by atoms with E-state index >= 15 is 0 Å². The maximum atomic E-state index is 12.0. The summed E-state index contributed by atoms with van der Waals surface area (Å²) in [4.78, 5) is 20.5. The van der Waals surface area contributed by atoms with E-state index in [4.69, 9.17) is 0 Å². The summed E-state index contributed by atoms with van der Waals surface area (Å²) < 4.78 is 0. The van der Waals surface area contributed by atoms with Gasteiger partial charge in [-0.1, -0.05) is 26.8 Å². The van der Waals surface area contributed by atoms with E-state index in [0.717, 1.165) is 24.5 Å². The Kier molecular flexibility index (Phi) is 8.38. The van der Waals surface area contributed by atoms with Crippen LogP contribution in [0.5, 0.6) is 0 Å². The third-order valence-electron chi connectivity index (χ3n) is 3.73. The first kappa shape index (κ1) is 20.9. The number of nitrogens with zero attached hydrogens (tertiary/aromatic N) is 2. The smallest absolute Gasteiger partial charge is 0.227 e. The standard InChI is InChI=1S/C19H33N5O/c1-14-8-7-9-16(22-14)24-17(25)11-13-21-18(20-6)23-15(2)10-12-19(3,4)5/h7-9,15H,10-13H2,1-6H3,(H2,20,21,23)(H,22,24,25). The Morgan fingerprint density at radius 1 is 1.32 bits per heavy atom. The Morgan fingerprint density at radius 2 is 2.04 bits per heavy atom. The van der Waals surface area contributed by atoms with Gasteiger partial charge in [0.25, 0.3) is 0 Å². The lowest BCUT2D eigenvalue weighted by Crippen LogP contribution is -2.43. The number of hydrogen-bond acceptors (Lipinski definition) is 3. The molecule has 0 spiro atoms. The third kappa shape index (κ3) is 9.69. The van der Waals surface area contributed by atoms with Crippen molar-refractivity contribution in [1.82, 2.24) is 15.6 Å². The summed E-state index contributed by atoms with van der Waals surface area (Å²) in [5.74, 6) is 1.24. The minimum Gasteiger partial charge on any atom is -0.356 e. The highest BCUT2D eigenvalue weighted by molar-refractivity contribution is 5.90. The molecule has 1 aromatic heterocycles. The van der Waals surface area contributed by atoms with Crippen molar-refractivity contribution in [1.29, 1.82) is 0 Å². The summed E-state index contributed by atoms with van der Waals surface area (Å²) in [6.07, 6.45) is 2.57. The summed E-state index contributed by atoms with van der Waals surface area (Å²) in [6, 6.07) is 5.89. The molecule has 6 nitrogen and oxygen atoms in total. The molecule has 1 heterocycles. The number of nitrogens with one attached hydrogen (secondary N) is 3. The van der Waals surface area contributed by atoms with Crippen LogP contribution in [0.3, 0.4) is 0 Å². The fourth-order valence-corrected chi connectivity index (χ4v) is 2.26. The number of guanidine groups is 1. The van der Waals surface area contributed by atoms with E-state index in [-0.39, 0.29) is 5.91 Å². The van der Waals surface area contributed by atoms with E-state index in [1.807, 2.05) is 19.1 Å². The van der Waals surface area contributed by atoms with Crippen molar-refractivity contribution in [3.63, 3.8) is 0 Å². The predicted molar refractivity (Wildman–Crippen MR) is 105 cm³/mol. The topological polar surface area (TPSA) is 78.4 Å². The van der Waals surface area contributed by atoms with Crippen LogP contribution in [-0.4, -0.2) is 36.5 Å². The van der Waals surface area contributed by atoms with Gasteiger partial charge < -0.3 is 16.0 Å². The molecule has 0 fully saturated rings. The second-order valence-corrected chi connectivity index (χ2v) is 7.61. The zero-order valence-corrected chi connectivity index (χ0v) is 16.4. The molecule has 25 heavy (non-hydrogen) atoms. The minimum atomic E-state index is -0.0677. The lowest BCUT2D eigenvalue weighted by Gasteiger charge is -2.23. The van der Waals surface area contributed by atoms with Crippen LogP contribution in [0.15, 0.2) is 23.2 Å². The number of carbonyl (C=O) groups is 1. The zero-order chi connectivity index (χ0) is 18.9. The molecule has 1 unspecified atom stereocenters. The van der Waals surface area contributed by atoms with Crippen molar-refractivity contribution < 1.29 is 4.79 Å². The molecule has 0 radical (unpaired) electrons. The van der Waals surface area contributed by atoms with Gasteiger partial charge in [0.05, 0.1) is 0 Å². The molecule has 1 aromatic rings. The van der Waals surface area contributed by atoms with Crippen molar-refractivity contribution in [3.05, 3.63) is 23.9 Å². The number of pyridine rings is 1. The Balaban J connectivity index is 2.31. The predicted octanol–water partition coefficient (Wildman–Crippen LogP) is 3.10. The van der Waals surface area contributed by atoms with Crippen LogP contribution in [0.1, 0.15) is 52.7 Å². The fraction of sp³-hybridized carbons (Fsp3) is 0.632. The van der Waals surface area contributed by atoms with Gasteiger partial charge in [-0.25, -0.2) is 4.98 Å². The van der Waals surface area contributed by atoms with E-state index in [2.05, 4.69) is 53.6 Å². The van der Waals surface area contributed by atoms with E-state index in [1.54, 1.807) is 13.1 Å². The van der Waals surface area contributed by atoms with Gasteiger partial charge in [-0.05, 0) is 44.2 Å². The van der Waals surface area contributed by atoms with Gasteiger partial charge in [0, 0.05) is 31.7 Å². The van der Waals surface area contributed by atoms with Gasteiger partial charge in [-0.2, -0.15) is 0 Å². The van der Waals surface area contributed by atoms with E-state index in [0.29, 0.717) is 30.2 Å². The lowest BCUT2D eigenvalue weighted by molar-refractivity contribution is -0.116. The molecule has 0 aliphatic rings. The molecule has 1 amide bonds. The molecule has 0 aliphatic carbocycles. The summed E-state index contributed by atoms with van der Waals surface area (Å²) in [6.45, 7) is 11.3. The summed E-state index contributed by atoms with van der Waals surface area (Å²) in [7, 11) is 1.74. The number of aryl methyl sites for hydroxylation is 1. The van der Waals surface area contributed by atoms with Crippen LogP contribution in [0, 0.1) is 12.3 Å². The Hall–Kier alpha value is -2.11. The first-order valence-corrected chi connectivity index (χ1v) is 8.90. The average Bonchev–Trinajstić information content (AvgIpc) is 2.51. The number of aromatic nitrogens is 1. The molecular formula is C19H33N5O. The van der Waals surface area contributed by atoms with Gasteiger partial charge in [-0.3, -0.25) is 9.79 Å². The lowest BCUT2D eigenvalue weighted by atomic mass is 9.89. The summed E-state index contributed by atoms with van der Waals surface area (Å²) >= 11 is 0. The fourth-order valence-electron chi connectivity index (χ4n) is 2.26. The van der Waals surface area contributed by atoms with Crippen molar-refractivity contribution in [2.75, 3.05) is 18.9 Å². The molecule has 1 rings (SSSR count). The van der Waals surface area contributed by atoms with Crippen molar-refractivity contribution >= 4 is 17.7 Å². The number of aliphatic imine (C=N–C) groups is 1.